The maximum Gasteiger partial charge on any atom is 0.416 e. The second-order valence-corrected chi connectivity index (χ2v) is 9.35. The second kappa shape index (κ2) is 10.3. The van der Waals surface area contributed by atoms with E-state index < -0.39 is 11.9 Å². The summed E-state index contributed by atoms with van der Waals surface area (Å²) in [6, 6.07) is 19.5. The van der Waals surface area contributed by atoms with Crippen molar-refractivity contribution in [2.45, 2.75) is 44.1 Å². The molecule has 0 bridgehead atoms. The number of hydrogen-bond acceptors (Lipinski definition) is 6. The van der Waals surface area contributed by atoms with E-state index in [2.05, 4.69) is 0 Å². The summed E-state index contributed by atoms with van der Waals surface area (Å²) in [7, 11) is 0. The van der Waals surface area contributed by atoms with Gasteiger partial charge in [-0.15, -0.1) is 0 Å². The summed E-state index contributed by atoms with van der Waals surface area (Å²) >= 11 is 0. The van der Waals surface area contributed by atoms with Crippen molar-refractivity contribution in [3.05, 3.63) is 71.8 Å². The molecule has 0 N–H and O–H groups in total. The lowest BCUT2D eigenvalue weighted by atomic mass is 9.75. The van der Waals surface area contributed by atoms with E-state index >= 15 is 0 Å². The van der Waals surface area contributed by atoms with Crippen molar-refractivity contribution >= 4 is 12.0 Å². The number of carbonyl (C=O) groups excluding carboxylic acids is 2. The van der Waals surface area contributed by atoms with Crippen molar-refractivity contribution in [1.82, 2.24) is 4.90 Å². The fraction of sp³-hybridized carbons (Fsp3) is 0.481. The molecule has 2 amide bonds. The van der Waals surface area contributed by atoms with Crippen molar-refractivity contribution in [3.8, 4) is 0 Å². The van der Waals surface area contributed by atoms with E-state index in [4.69, 9.17) is 18.9 Å². The molecule has 5 rings (SSSR count). The smallest absolute Gasteiger partial charge is 0.416 e. The van der Waals surface area contributed by atoms with Gasteiger partial charge in [0.05, 0.1) is 32.5 Å². The maximum atomic E-state index is 13.7. The van der Waals surface area contributed by atoms with Gasteiger partial charge >= 0.3 is 6.09 Å². The van der Waals surface area contributed by atoms with Crippen LogP contribution in [0.1, 0.15) is 30.4 Å². The van der Waals surface area contributed by atoms with Crippen LogP contribution in [0.4, 0.5) is 4.79 Å². The van der Waals surface area contributed by atoms with Gasteiger partial charge in [-0.3, -0.25) is 4.79 Å². The third-order valence-corrected chi connectivity index (χ3v) is 7.07. The van der Waals surface area contributed by atoms with Crippen LogP contribution in [-0.2, 0) is 36.8 Å². The zero-order valence-corrected chi connectivity index (χ0v) is 19.3. The third-order valence-electron chi connectivity index (χ3n) is 7.07. The van der Waals surface area contributed by atoms with Crippen LogP contribution in [0.3, 0.4) is 0 Å². The average molecular weight is 466 g/mol. The van der Waals surface area contributed by atoms with E-state index in [1.807, 2.05) is 60.7 Å². The van der Waals surface area contributed by atoms with Gasteiger partial charge in [0, 0.05) is 18.8 Å². The summed E-state index contributed by atoms with van der Waals surface area (Å²) in [5.41, 5.74) is 2.15. The highest BCUT2D eigenvalue weighted by molar-refractivity contribution is 5.95. The van der Waals surface area contributed by atoms with Crippen molar-refractivity contribution < 1.29 is 28.5 Å². The van der Waals surface area contributed by atoms with Crippen LogP contribution in [0, 0.1) is 11.8 Å². The minimum absolute atomic E-state index is 0.117. The highest BCUT2D eigenvalue weighted by Gasteiger charge is 2.50. The molecule has 0 radical (unpaired) electrons. The molecule has 3 atom stereocenters. The molecule has 3 aliphatic rings. The predicted molar refractivity (Wildman–Crippen MR) is 124 cm³/mol. The van der Waals surface area contributed by atoms with E-state index in [1.165, 1.54) is 4.90 Å². The van der Waals surface area contributed by atoms with Gasteiger partial charge in [0.25, 0.3) is 0 Å². The number of amides is 2. The molecule has 2 heterocycles. The molecular weight excluding hydrogens is 434 g/mol. The van der Waals surface area contributed by atoms with Gasteiger partial charge in [0.2, 0.25) is 5.91 Å². The molecule has 2 aromatic rings. The summed E-state index contributed by atoms with van der Waals surface area (Å²) in [4.78, 5) is 27.7. The number of carbonyl (C=O) groups is 2. The van der Waals surface area contributed by atoms with E-state index in [9.17, 15) is 9.59 Å². The zero-order valence-electron chi connectivity index (χ0n) is 19.3. The fourth-order valence-electron chi connectivity index (χ4n) is 5.36. The Hall–Kier alpha value is -2.74. The maximum absolute atomic E-state index is 13.7. The molecule has 2 aliphatic heterocycles. The normalized spacial score (nSPS) is 26.1. The topological polar surface area (TPSA) is 74.3 Å². The number of imide groups is 1. The van der Waals surface area contributed by atoms with Crippen LogP contribution in [-0.4, -0.2) is 55.2 Å². The number of nitrogens with zero attached hydrogens (tertiary/aromatic N) is 1. The Kier molecular flexibility index (Phi) is 6.94. The SMILES string of the molecule is O=C1OC[C@@H](Cc2ccccc2)N1C(=O)[C@@H]1CCC2(C[C@@H]1COCc1ccccc1)OCCO2. The Morgan fingerprint density at radius 2 is 1.68 bits per heavy atom. The zero-order chi connectivity index (χ0) is 23.4. The predicted octanol–water partition coefficient (Wildman–Crippen LogP) is 3.95. The lowest BCUT2D eigenvalue weighted by molar-refractivity contribution is -0.201. The number of benzene rings is 2. The van der Waals surface area contributed by atoms with E-state index in [0.717, 1.165) is 11.1 Å². The van der Waals surface area contributed by atoms with Crippen LogP contribution in [0.15, 0.2) is 60.7 Å². The van der Waals surface area contributed by atoms with Crippen molar-refractivity contribution in [1.29, 1.82) is 0 Å². The van der Waals surface area contributed by atoms with Crippen LogP contribution in [0.5, 0.6) is 0 Å². The molecule has 1 spiro atoms. The summed E-state index contributed by atoms with van der Waals surface area (Å²) in [5.74, 6) is -1.29. The van der Waals surface area contributed by atoms with E-state index in [0.29, 0.717) is 52.1 Å². The molecule has 7 nitrogen and oxygen atoms in total. The van der Waals surface area contributed by atoms with Crippen molar-refractivity contribution in [2.75, 3.05) is 26.4 Å². The Morgan fingerprint density at radius 1 is 1.00 bits per heavy atom. The van der Waals surface area contributed by atoms with Crippen molar-refractivity contribution in [2.24, 2.45) is 11.8 Å². The molecule has 34 heavy (non-hydrogen) atoms. The van der Waals surface area contributed by atoms with Gasteiger partial charge in [-0.05, 0) is 29.9 Å². The number of hydrogen-bond donors (Lipinski definition) is 0. The first-order chi connectivity index (χ1) is 16.6. The number of rotatable bonds is 7. The quantitative estimate of drug-likeness (QED) is 0.617. The summed E-state index contributed by atoms with van der Waals surface area (Å²) < 4.78 is 23.3. The Bertz CT molecular complexity index is 975. The minimum atomic E-state index is -0.646. The molecule has 1 aliphatic carbocycles. The monoisotopic (exact) mass is 465 g/mol. The van der Waals surface area contributed by atoms with Gasteiger partial charge in [-0.1, -0.05) is 60.7 Å². The molecule has 1 saturated carbocycles. The van der Waals surface area contributed by atoms with Crippen LogP contribution in [0.2, 0.25) is 0 Å². The van der Waals surface area contributed by atoms with E-state index in [-0.39, 0.29) is 30.4 Å². The van der Waals surface area contributed by atoms with Gasteiger partial charge in [-0.25, -0.2) is 9.69 Å². The average Bonchev–Trinajstić information content (AvgIpc) is 3.46. The van der Waals surface area contributed by atoms with E-state index in [1.54, 1.807) is 0 Å². The van der Waals surface area contributed by atoms with Gasteiger partial charge < -0.3 is 18.9 Å². The molecule has 0 unspecified atom stereocenters. The number of cyclic esters (lactones) is 1. The third kappa shape index (κ3) is 5.02. The standard InChI is InChI=1S/C27H31NO6/c29-25(28-23(19-32-26(28)30)15-20-7-3-1-4-8-20)24-11-12-27(33-13-14-34-27)16-22(24)18-31-17-21-9-5-2-6-10-21/h1-10,22-24H,11-19H2/t22-,23-,24-/m1/s1. The van der Waals surface area contributed by atoms with Crippen LogP contribution >= 0.6 is 0 Å². The molecule has 2 saturated heterocycles. The highest BCUT2D eigenvalue weighted by atomic mass is 16.7. The van der Waals surface area contributed by atoms with Crippen LogP contribution < -0.4 is 0 Å². The Labute approximate surface area is 199 Å². The Balaban J connectivity index is 1.30. The lowest BCUT2D eigenvalue weighted by Gasteiger charge is -2.41. The van der Waals surface area contributed by atoms with Crippen molar-refractivity contribution in [3.63, 3.8) is 0 Å². The molecule has 180 valence electrons. The first-order valence-corrected chi connectivity index (χ1v) is 12.1. The van der Waals surface area contributed by atoms with Crippen LogP contribution in [0.25, 0.3) is 0 Å². The summed E-state index contributed by atoms with van der Waals surface area (Å²) in [6.45, 7) is 2.21. The molecule has 7 heteroatoms. The lowest BCUT2D eigenvalue weighted by Crippen LogP contribution is -2.50. The molecule has 2 aromatic carbocycles. The minimum Gasteiger partial charge on any atom is -0.447 e. The van der Waals surface area contributed by atoms with Gasteiger partial charge in [-0.2, -0.15) is 0 Å². The molecule has 0 aromatic heterocycles. The van der Waals surface area contributed by atoms with Gasteiger partial charge in [0.1, 0.15) is 6.61 Å². The molecular formula is C27H31NO6. The first-order valence-electron chi connectivity index (χ1n) is 12.1. The largest absolute Gasteiger partial charge is 0.447 e. The summed E-state index contributed by atoms with van der Waals surface area (Å²) in [5, 5.41) is 0. The summed E-state index contributed by atoms with van der Waals surface area (Å²) in [6.07, 6.45) is 1.81. The highest BCUT2D eigenvalue weighted by Crippen LogP contribution is 2.43. The second-order valence-electron chi connectivity index (χ2n) is 9.35. The van der Waals surface area contributed by atoms with Gasteiger partial charge in [0.15, 0.2) is 5.79 Å². The Morgan fingerprint density at radius 3 is 2.38 bits per heavy atom. The molecule has 3 fully saturated rings. The first kappa shape index (κ1) is 23.0. The number of ether oxygens (including phenoxy) is 4. The fourth-order valence-corrected chi connectivity index (χ4v) is 5.36.